The first kappa shape index (κ1) is 18.9. The molecule has 0 fully saturated rings. The molecule has 0 aromatic heterocycles. The van der Waals surface area contributed by atoms with Crippen LogP contribution in [0.4, 0.5) is 5.69 Å². The van der Waals surface area contributed by atoms with Gasteiger partial charge >= 0.3 is 0 Å². The van der Waals surface area contributed by atoms with Gasteiger partial charge < -0.3 is 9.47 Å². The summed E-state index contributed by atoms with van der Waals surface area (Å²) >= 11 is 7.58. The molecular formula is C21H19ClN2O3S. The molecular weight excluding hydrogens is 396 g/mol. The second-order valence-corrected chi connectivity index (χ2v) is 7.88. The van der Waals surface area contributed by atoms with Crippen LogP contribution in [0.15, 0.2) is 53.5 Å². The number of hydrogen-bond donors (Lipinski definition) is 0. The quantitative estimate of drug-likeness (QED) is 0.686. The van der Waals surface area contributed by atoms with Gasteiger partial charge in [-0.25, -0.2) is 0 Å². The van der Waals surface area contributed by atoms with E-state index >= 15 is 0 Å². The lowest BCUT2D eigenvalue weighted by molar-refractivity contribution is -0.113. The number of amidine groups is 1. The van der Waals surface area contributed by atoms with Crippen molar-refractivity contribution in [2.75, 3.05) is 23.9 Å². The third kappa shape index (κ3) is 4.18. The minimum atomic E-state index is -0.169. The Morgan fingerprint density at radius 3 is 2.64 bits per heavy atom. The van der Waals surface area contributed by atoms with E-state index in [-0.39, 0.29) is 11.9 Å². The summed E-state index contributed by atoms with van der Waals surface area (Å²) in [5, 5.41) is 1.32. The number of fused-ring (bicyclic) bond motifs is 1. The van der Waals surface area contributed by atoms with E-state index in [9.17, 15) is 4.79 Å². The van der Waals surface area contributed by atoms with Crippen LogP contribution < -0.4 is 14.4 Å². The normalized spacial score (nSPS) is 18.2. The molecule has 2 aromatic rings. The Morgan fingerprint density at radius 2 is 1.93 bits per heavy atom. The average Bonchev–Trinajstić information content (AvgIpc) is 3.13. The van der Waals surface area contributed by atoms with Crippen LogP contribution in [-0.2, 0) is 4.79 Å². The third-order valence-corrected chi connectivity index (χ3v) is 5.71. The lowest BCUT2D eigenvalue weighted by Crippen LogP contribution is -2.33. The van der Waals surface area contributed by atoms with Crippen LogP contribution in [-0.4, -0.2) is 36.1 Å². The molecule has 0 aliphatic carbocycles. The van der Waals surface area contributed by atoms with Crippen molar-refractivity contribution < 1.29 is 14.3 Å². The highest BCUT2D eigenvalue weighted by Gasteiger charge is 2.25. The molecule has 2 aliphatic heterocycles. The molecule has 0 spiro atoms. The van der Waals surface area contributed by atoms with Crippen LogP contribution in [0.2, 0.25) is 5.02 Å². The average molecular weight is 415 g/mol. The second kappa shape index (κ2) is 8.29. The number of rotatable bonds is 3. The van der Waals surface area contributed by atoms with Crippen molar-refractivity contribution in [2.24, 2.45) is 4.99 Å². The molecule has 7 heteroatoms. The Labute approximate surface area is 173 Å². The molecule has 4 rings (SSSR count). The zero-order valence-electron chi connectivity index (χ0n) is 15.3. The van der Waals surface area contributed by atoms with Crippen LogP contribution in [0.5, 0.6) is 11.5 Å². The van der Waals surface area contributed by atoms with E-state index in [0.717, 1.165) is 22.8 Å². The Bertz CT molecular complexity index is 943. The van der Waals surface area contributed by atoms with Gasteiger partial charge in [0.25, 0.3) is 5.91 Å². The van der Waals surface area contributed by atoms with Crippen molar-refractivity contribution in [1.82, 2.24) is 0 Å². The first-order valence-electron chi connectivity index (χ1n) is 8.98. The highest BCUT2D eigenvalue weighted by atomic mass is 35.5. The van der Waals surface area contributed by atoms with E-state index in [1.165, 1.54) is 0 Å². The summed E-state index contributed by atoms with van der Waals surface area (Å²) in [6.45, 7) is 3.11. The Hall–Kier alpha value is -2.44. The minimum Gasteiger partial charge on any atom is -0.486 e. The molecule has 1 atom stereocenters. The van der Waals surface area contributed by atoms with Crippen molar-refractivity contribution in [3.63, 3.8) is 0 Å². The van der Waals surface area contributed by atoms with E-state index in [1.54, 1.807) is 40.9 Å². The number of aliphatic imine (C=N–C) groups is 1. The fourth-order valence-electron chi connectivity index (χ4n) is 2.91. The number of thioether (sulfide) groups is 1. The SMILES string of the molecule is C[C@H]1CSC(N(C(=O)/C=C/c2ccc3c(c2)OCCO3)c2ccc(Cl)cc2)=N1. The van der Waals surface area contributed by atoms with Crippen molar-refractivity contribution in [2.45, 2.75) is 13.0 Å². The molecule has 144 valence electrons. The van der Waals surface area contributed by atoms with Crippen molar-refractivity contribution >= 4 is 46.2 Å². The Balaban J connectivity index is 1.59. The summed E-state index contributed by atoms with van der Waals surface area (Å²) in [6, 6.07) is 13.0. The van der Waals surface area contributed by atoms with Gasteiger partial charge in [-0.05, 0) is 55.0 Å². The number of hydrogen-bond acceptors (Lipinski definition) is 5. The first-order valence-corrected chi connectivity index (χ1v) is 10.3. The van der Waals surface area contributed by atoms with E-state index in [2.05, 4.69) is 4.99 Å². The maximum absolute atomic E-state index is 13.0. The van der Waals surface area contributed by atoms with Crippen LogP contribution in [0.1, 0.15) is 12.5 Å². The standard InChI is InChI=1S/C21H19ClN2O3S/c1-14-13-28-21(23-14)24(17-6-4-16(22)5-7-17)20(25)9-3-15-2-8-18-19(12-15)27-11-10-26-18/h2-9,12,14H,10-11,13H2,1H3/b9-3+/t14-/m0/s1. The molecule has 5 nitrogen and oxygen atoms in total. The number of nitrogens with zero attached hydrogens (tertiary/aromatic N) is 2. The van der Waals surface area contributed by atoms with Crippen LogP contribution >= 0.6 is 23.4 Å². The van der Waals surface area contributed by atoms with Crippen molar-refractivity contribution in [3.05, 3.63) is 59.1 Å². The van der Waals surface area contributed by atoms with E-state index in [1.807, 2.05) is 37.3 Å². The monoisotopic (exact) mass is 414 g/mol. The number of anilines is 1. The predicted octanol–water partition coefficient (Wildman–Crippen LogP) is 4.65. The highest BCUT2D eigenvalue weighted by molar-refractivity contribution is 8.14. The maximum atomic E-state index is 13.0. The minimum absolute atomic E-state index is 0.169. The maximum Gasteiger partial charge on any atom is 0.257 e. The first-order chi connectivity index (χ1) is 13.6. The zero-order valence-corrected chi connectivity index (χ0v) is 16.9. The summed E-state index contributed by atoms with van der Waals surface area (Å²) in [5.74, 6) is 2.11. The van der Waals surface area contributed by atoms with Gasteiger partial charge in [-0.2, -0.15) is 0 Å². The van der Waals surface area contributed by atoms with Crippen LogP contribution in [0.3, 0.4) is 0 Å². The van der Waals surface area contributed by atoms with Gasteiger partial charge in [0.1, 0.15) is 13.2 Å². The van der Waals surface area contributed by atoms with Crippen molar-refractivity contribution in [3.8, 4) is 11.5 Å². The second-order valence-electron chi connectivity index (χ2n) is 6.46. The highest BCUT2D eigenvalue weighted by Crippen LogP contribution is 2.31. The molecule has 2 aromatic carbocycles. The summed E-state index contributed by atoms with van der Waals surface area (Å²) in [7, 11) is 0. The largest absolute Gasteiger partial charge is 0.486 e. The molecule has 2 aliphatic rings. The number of benzene rings is 2. The molecule has 0 radical (unpaired) electrons. The van der Waals surface area contributed by atoms with Gasteiger partial charge in [0.05, 0.1) is 11.7 Å². The lowest BCUT2D eigenvalue weighted by atomic mass is 10.1. The fraction of sp³-hybridized carbons (Fsp3) is 0.238. The Kier molecular flexibility index (Phi) is 5.59. The number of amides is 1. The topological polar surface area (TPSA) is 51.1 Å². The summed E-state index contributed by atoms with van der Waals surface area (Å²) in [5.41, 5.74) is 1.60. The molecule has 2 heterocycles. The smallest absolute Gasteiger partial charge is 0.257 e. The summed E-state index contributed by atoms with van der Waals surface area (Å²) in [4.78, 5) is 19.3. The number of halogens is 1. The van der Waals surface area contributed by atoms with Crippen LogP contribution in [0.25, 0.3) is 6.08 Å². The summed E-state index contributed by atoms with van der Waals surface area (Å²) in [6.07, 6.45) is 3.32. The van der Waals surface area contributed by atoms with Crippen LogP contribution in [0, 0.1) is 0 Å². The number of carbonyl (C=O) groups excluding carboxylic acids is 1. The molecule has 28 heavy (non-hydrogen) atoms. The van der Waals surface area contributed by atoms with Gasteiger partial charge in [0, 0.05) is 16.9 Å². The molecule has 1 amide bonds. The number of ether oxygens (including phenoxy) is 2. The van der Waals surface area contributed by atoms with Crippen molar-refractivity contribution in [1.29, 1.82) is 0 Å². The third-order valence-electron chi connectivity index (χ3n) is 4.27. The fourth-order valence-corrected chi connectivity index (χ4v) is 4.08. The Morgan fingerprint density at radius 1 is 1.18 bits per heavy atom. The molecule has 0 bridgehead atoms. The molecule has 0 saturated heterocycles. The lowest BCUT2D eigenvalue weighted by Gasteiger charge is -2.20. The summed E-state index contributed by atoms with van der Waals surface area (Å²) < 4.78 is 11.1. The van der Waals surface area contributed by atoms with Gasteiger partial charge in [-0.15, -0.1) is 0 Å². The molecule has 0 saturated carbocycles. The zero-order chi connectivity index (χ0) is 19.5. The van der Waals surface area contributed by atoms with Gasteiger partial charge in [0.15, 0.2) is 16.7 Å². The van der Waals surface area contributed by atoms with E-state index in [4.69, 9.17) is 21.1 Å². The van der Waals surface area contributed by atoms with Gasteiger partial charge in [-0.1, -0.05) is 29.4 Å². The van der Waals surface area contributed by atoms with E-state index < -0.39 is 0 Å². The molecule has 0 unspecified atom stereocenters. The number of carbonyl (C=O) groups is 1. The predicted molar refractivity (Wildman–Crippen MR) is 115 cm³/mol. The van der Waals surface area contributed by atoms with Gasteiger partial charge in [-0.3, -0.25) is 14.7 Å². The van der Waals surface area contributed by atoms with E-state index in [0.29, 0.717) is 29.2 Å². The molecule has 0 N–H and O–H groups in total. The van der Waals surface area contributed by atoms with Gasteiger partial charge in [0.2, 0.25) is 0 Å².